The predicted octanol–water partition coefficient (Wildman–Crippen LogP) is 9.91. The first-order valence-corrected chi connectivity index (χ1v) is 14.6. The van der Waals surface area contributed by atoms with Crippen molar-refractivity contribution in [2.45, 2.75) is 0 Å². The second kappa shape index (κ2) is 11.0. The average molecular weight is 563 g/mol. The van der Waals surface area contributed by atoms with Gasteiger partial charge in [0.05, 0.1) is 22.6 Å². The zero-order valence-electron chi connectivity index (χ0n) is 23.8. The van der Waals surface area contributed by atoms with Crippen molar-refractivity contribution in [2.24, 2.45) is 0 Å². The van der Waals surface area contributed by atoms with Crippen LogP contribution >= 0.6 is 0 Å². The summed E-state index contributed by atoms with van der Waals surface area (Å²) in [5.41, 5.74) is 9.84. The fraction of sp³-hybridized carbons (Fsp3) is 0. The number of rotatable bonds is 5. The standard InChI is InChI=1S/C40H26N4/c1-3-11-27(12-4-1)31-23-32(30-19-21-37(42-26-30)36-17-9-10-22-41-36)25-33(24-31)40-43-38(29-14-5-2-6-15-29)35-20-18-28-13-7-8-16-34(28)39(35)44-40/h1-26H. The zero-order valence-corrected chi connectivity index (χ0v) is 23.8. The van der Waals surface area contributed by atoms with Gasteiger partial charge in [-0.3, -0.25) is 9.97 Å². The molecule has 5 aromatic carbocycles. The van der Waals surface area contributed by atoms with Gasteiger partial charge < -0.3 is 0 Å². The van der Waals surface area contributed by atoms with Gasteiger partial charge in [-0.1, -0.05) is 103 Å². The summed E-state index contributed by atoms with van der Waals surface area (Å²) >= 11 is 0. The molecule has 3 heterocycles. The van der Waals surface area contributed by atoms with Crippen LogP contribution in [0, 0.1) is 0 Å². The molecular weight excluding hydrogens is 536 g/mol. The molecule has 3 aromatic heterocycles. The largest absolute Gasteiger partial charge is 0.255 e. The van der Waals surface area contributed by atoms with Crippen LogP contribution in [0.1, 0.15) is 0 Å². The molecule has 44 heavy (non-hydrogen) atoms. The lowest BCUT2D eigenvalue weighted by Crippen LogP contribution is -1.97. The summed E-state index contributed by atoms with van der Waals surface area (Å²) in [7, 11) is 0. The van der Waals surface area contributed by atoms with E-state index in [1.807, 2.05) is 42.6 Å². The molecule has 0 amide bonds. The number of aromatic nitrogens is 4. The second-order valence-corrected chi connectivity index (χ2v) is 10.8. The van der Waals surface area contributed by atoms with Crippen molar-refractivity contribution in [2.75, 3.05) is 0 Å². The van der Waals surface area contributed by atoms with E-state index in [9.17, 15) is 0 Å². The van der Waals surface area contributed by atoms with Gasteiger partial charge >= 0.3 is 0 Å². The van der Waals surface area contributed by atoms with Gasteiger partial charge in [-0.25, -0.2) is 9.97 Å². The summed E-state index contributed by atoms with van der Waals surface area (Å²) in [6.45, 7) is 0. The maximum atomic E-state index is 5.25. The molecule has 0 saturated carbocycles. The van der Waals surface area contributed by atoms with Crippen molar-refractivity contribution in [3.63, 3.8) is 0 Å². The topological polar surface area (TPSA) is 51.6 Å². The van der Waals surface area contributed by atoms with Gasteiger partial charge in [0.15, 0.2) is 5.82 Å². The highest BCUT2D eigenvalue weighted by atomic mass is 14.9. The van der Waals surface area contributed by atoms with Gasteiger partial charge in [0.2, 0.25) is 0 Å². The van der Waals surface area contributed by atoms with Crippen molar-refractivity contribution >= 4 is 21.7 Å². The highest BCUT2D eigenvalue weighted by molar-refractivity contribution is 6.09. The molecule has 0 atom stereocenters. The Bertz CT molecular complexity index is 2250. The summed E-state index contributed by atoms with van der Waals surface area (Å²) in [5, 5.41) is 3.30. The normalized spacial score (nSPS) is 11.2. The van der Waals surface area contributed by atoms with Gasteiger partial charge in [-0.15, -0.1) is 0 Å². The van der Waals surface area contributed by atoms with Crippen LogP contribution in [0.25, 0.3) is 78.0 Å². The monoisotopic (exact) mass is 562 g/mol. The summed E-state index contributed by atoms with van der Waals surface area (Å²) in [5.74, 6) is 0.685. The Morgan fingerprint density at radius 1 is 0.386 bits per heavy atom. The highest BCUT2D eigenvalue weighted by Crippen LogP contribution is 2.36. The van der Waals surface area contributed by atoms with E-state index in [-0.39, 0.29) is 0 Å². The van der Waals surface area contributed by atoms with E-state index in [0.717, 1.165) is 72.1 Å². The molecule has 0 radical (unpaired) electrons. The summed E-state index contributed by atoms with van der Waals surface area (Å²) in [6, 6.07) is 50.1. The van der Waals surface area contributed by atoms with Crippen molar-refractivity contribution in [1.82, 2.24) is 19.9 Å². The first-order chi connectivity index (χ1) is 21.8. The molecule has 0 aliphatic carbocycles. The van der Waals surface area contributed by atoms with Crippen molar-refractivity contribution in [3.8, 4) is 56.3 Å². The SMILES string of the molecule is c1ccc(-c2cc(-c3ccc(-c4ccccn4)nc3)cc(-c3nc(-c4ccccc4)c4ccc5ccccc5c4n3)c2)cc1. The molecule has 8 rings (SSSR count). The number of hydrogen-bond donors (Lipinski definition) is 0. The lowest BCUT2D eigenvalue weighted by Gasteiger charge is -2.14. The quantitative estimate of drug-likeness (QED) is 0.196. The Labute approximate surface area is 255 Å². The van der Waals surface area contributed by atoms with Gasteiger partial charge in [-0.05, 0) is 64.5 Å². The summed E-state index contributed by atoms with van der Waals surface area (Å²) in [6.07, 6.45) is 3.71. The van der Waals surface area contributed by atoms with E-state index >= 15 is 0 Å². The molecule has 0 fully saturated rings. The Morgan fingerprint density at radius 2 is 1.07 bits per heavy atom. The van der Waals surface area contributed by atoms with E-state index in [2.05, 4.69) is 114 Å². The third kappa shape index (κ3) is 4.79. The lowest BCUT2D eigenvalue weighted by molar-refractivity contribution is 1.23. The Kier molecular flexibility index (Phi) is 6.43. The molecule has 8 aromatic rings. The minimum Gasteiger partial charge on any atom is -0.255 e. The number of fused-ring (bicyclic) bond motifs is 3. The third-order valence-electron chi connectivity index (χ3n) is 7.96. The van der Waals surface area contributed by atoms with Gasteiger partial charge in [0.25, 0.3) is 0 Å². The number of hydrogen-bond acceptors (Lipinski definition) is 4. The number of benzene rings is 5. The maximum absolute atomic E-state index is 5.25. The van der Waals surface area contributed by atoms with E-state index in [4.69, 9.17) is 15.0 Å². The van der Waals surface area contributed by atoms with E-state index in [0.29, 0.717) is 5.82 Å². The minimum absolute atomic E-state index is 0.685. The Balaban J connectivity index is 1.35. The van der Waals surface area contributed by atoms with Crippen LogP contribution in [-0.2, 0) is 0 Å². The molecule has 4 heteroatoms. The Hall–Kier alpha value is -6.00. The smallest absolute Gasteiger partial charge is 0.160 e. The van der Waals surface area contributed by atoms with Crippen molar-refractivity contribution in [1.29, 1.82) is 0 Å². The summed E-state index contributed by atoms with van der Waals surface area (Å²) < 4.78 is 0. The molecule has 0 aliphatic rings. The van der Waals surface area contributed by atoms with Crippen LogP contribution < -0.4 is 0 Å². The van der Waals surface area contributed by atoms with Gasteiger partial charge in [0.1, 0.15) is 0 Å². The fourth-order valence-corrected chi connectivity index (χ4v) is 5.76. The molecule has 0 spiro atoms. The number of nitrogens with zero attached hydrogens (tertiary/aromatic N) is 4. The van der Waals surface area contributed by atoms with Crippen LogP contribution in [-0.4, -0.2) is 19.9 Å². The summed E-state index contributed by atoms with van der Waals surface area (Å²) in [4.78, 5) is 19.7. The average Bonchev–Trinajstić information content (AvgIpc) is 3.12. The molecule has 0 N–H and O–H groups in total. The van der Waals surface area contributed by atoms with Crippen LogP contribution in [0.2, 0.25) is 0 Å². The van der Waals surface area contributed by atoms with Crippen LogP contribution in [0.3, 0.4) is 0 Å². The lowest BCUT2D eigenvalue weighted by atomic mass is 9.95. The minimum atomic E-state index is 0.685. The van der Waals surface area contributed by atoms with E-state index in [1.54, 1.807) is 6.20 Å². The van der Waals surface area contributed by atoms with E-state index in [1.165, 1.54) is 0 Å². The third-order valence-corrected chi connectivity index (χ3v) is 7.96. The molecule has 206 valence electrons. The first-order valence-electron chi connectivity index (χ1n) is 14.6. The van der Waals surface area contributed by atoms with Crippen LogP contribution in [0.5, 0.6) is 0 Å². The zero-order chi connectivity index (χ0) is 29.3. The molecule has 0 bridgehead atoms. The molecule has 0 saturated heterocycles. The highest BCUT2D eigenvalue weighted by Gasteiger charge is 2.16. The van der Waals surface area contributed by atoms with Crippen LogP contribution in [0.15, 0.2) is 158 Å². The Morgan fingerprint density at radius 3 is 1.82 bits per heavy atom. The van der Waals surface area contributed by atoms with Crippen LogP contribution in [0.4, 0.5) is 0 Å². The van der Waals surface area contributed by atoms with Gasteiger partial charge in [-0.2, -0.15) is 0 Å². The molecular formula is C40H26N4. The predicted molar refractivity (Wildman–Crippen MR) is 180 cm³/mol. The fourth-order valence-electron chi connectivity index (χ4n) is 5.76. The second-order valence-electron chi connectivity index (χ2n) is 10.8. The number of pyridine rings is 2. The van der Waals surface area contributed by atoms with Crippen molar-refractivity contribution < 1.29 is 0 Å². The molecule has 4 nitrogen and oxygen atoms in total. The van der Waals surface area contributed by atoms with Gasteiger partial charge in [0, 0.05) is 39.9 Å². The molecule has 0 aliphatic heterocycles. The first kappa shape index (κ1) is 25.7. The van der Waals surface area contributed by atoms with Crippen molar-refractivity contribution in [3.05, 3.63) is 158 Å². The molecule has 0 unspecified atom stereocenters. The maximum Gasteiger partial charge on any atom is 0.160 e. The van der Waals surface area contributed by atoms with E-state index < -0.39 is 0 Å².